The van der Waals surface area contributed by atoms with Gasteiger partial charge in [-0.05, 0) is 36.4 Å². The molecular formula is C31H17N3S2. The molecule has 0 amide bonds. The summed E-state index contributed by atoms with van der Waals surface area (Å²) in [4.78, 5) is 1.25. The summed E-state index contributed by atoms with van der Waals surface area (Å²) in [5.41, 5.74) is 3.43. The molecule has 4 aromatic carbocycles. The number of para-hydroxylation sites is 1. The first-order valence-electron chi connectivity index (χ1n) is 12.0. The lowest BCUT2D eigenvalue weighted by Gasteiger charge is -2.03. The minimum Gasteiger partial charge on any atom is -0.283 e. The van der Waals surface area contributed by atoms with Crippen molar-refractivity contribution in [2.75, 3.05) is 0 Å². The van der Waals surface area contributed by atoms with Gasteiger partial charge in [-0.1, -0.05) is 60.7 Å². The number of nitrogens with zero attached hydrogens (tertiary/aromatic N) is 3. The second-order valence-corrected chi connectivity index (χ2v) is 11.4. The van der Waals surface area contributed by atoms with E-state index < -0.39 is 0 Å². The van der Waals surface area contributed by atoms with Gasteiger partial charge in [0.1, 0.15) is 4.83 Å². The lowest BCUT2D eigenvalue weighted by atomic mass is 10.1. The minimum absolute atomic E-state index is 0.955. The summed E-state index contributed by atoms with van der Waals surface area (Å²) >= 11 is 3.73. The van der Waals surface area contributed by atoms with E-state index >= 15 is 0 Å². The van der Waals surface area contributed by atoms with E-state index in [4.69, 9.17) is 5.10 Å². The van der Waals surface area contributed by atoms with Gasteiger partial charge in [-0.25, -0.2) is 4.52 Å². The molecule has 0 aliphatic heterocycles. The van der Waals surface area contributed by atoms with Crippen LogP contribution in [0, 0.1) is 0 Å². The number of benzene rings is 4. The van der Waals surface area contributed by atoms with Crippen LogP contribution in [0.2, 0.25) is 0 Å². The van der Waals surface area contributed by atoms with Crippen LogP contribution in [0.25, 0.3) is 73.6 Å². The fourth-order valence-corrected chi connectivity index (χ4v) is 8.10. The second kappa shape index (κ2) is 6.72. The highest BCUT2D eigenvalue weighted by Gasteiger charge is 2.21. The summed E-state index contributed by atoms with van der Waals surface area (Å²) in [7, 11) is 0. The van der Waals surface area contributed by atoms with Crippen LogP contribution in [0.3, 0.4) is 0 Å². The maximum Gasteiger partial charge on any atom is 0.161 e. The Kier molecular flexibility index (Phi) is 3.56. The van der Waals surface area contributed by atoms with Crippen LogP contribution in [-0.2, 0) is 0 Å². The van der Waals surface area contributed by atoms with Crippen LogP contribution in [-0.4, -0.2) is 14.2 Å². The van der Waals surface area contributed by atoms with Crippen molar-refractivity contribution in [1.29, 1.82) is 0 Å². The smallest absolute Gasteiger partial charge is 0.161 e. The first-order chi connectivity index (χ1) is 17.8. The van der Waals surface area contributed by atoms with Gasteiger partial charge in [-0.15, -0.1) is 27.8 Å². The Morgan fingerprint density at radius 2 is 1.33 bits per heavy atom. The molecule has 5 heterocycles. The zero-order chi connectivity index (χ0) is 23.4. The van der Waals surface area contributed by atoms with E-state index in [-0.39, 0.29) is 0 Å². The maximum absolute atomic E-state index is 5.17. The normalized spacial score (nSPS) is 12.4. The second-order valence-electron chi connectivity index (χ2n) is 9.31. The molecule has 9 rings (SSSR count). The molecular weight excluding hydrogens is 478 g/mol. The average Bonchev–Trinajstić information content (AvgIpc) is 3.66. The quantitative estimate of drug-likeness (QED) is 0.222. The molecule has 0 radical (unpaired) electrons. The standard InChI is InChI=1S/C31H17N3S2/c1-4-10-24-18(7-1)13-14-19-15-29(32-34(19)24)33-25-16-22-20-8-2-5-11-26(20)35-28(22)17-23(25)30-21-9-3-6-12-27(21)36-31(30)33/h1-17H. The number of hydrogen-bond acceptors (Lipinski definition) is 3. The Bertz CT molecular complexity index is 2330. The largest absolute Gasteiger partial charge is 0.283 e. The lowest BCUT2D eigenvalue weighted by molar-refractivity contribution is 0.954. The molecule has 0 fully saturated rings. The third kappa shape index (κ3) is 2.39. The predicted molar refractivity (Wildman–Crippen MR) is 155 cm³/mol. The minimum atomic E-state index is 0.955. The first kappa shape index (κ1) is 19.1. The summed E-state index contributed by atoms with van der Waals surface area (Å²) in [5.74, 6) is 0.955. The molecule has 5 heteroatoms. The third-order valence-corrected chi connectivity index (χ3v) is 9.63. The number of hydrogen-bond donors (Lipinski definition) is 0. The monoisotopic (exact) mass is 495 g/mol. The van der Waals surface area contributed by atoms with Crippen molar-refractivity contribution >= 4 is 90.5 Å². The lowest BCUT2D eigenvalue weighted by Crippen LogP contribution is -1.95. The Morgan fingerprint density at radius 3 is 2.25 bits per heavy atom. The van der Waals surface area contributed by atoms with Crippen molar-refractivity contribution in [2.45, 2.75) is 0 Å². The van der Waals surface area contributed by atoms with E-state index in [0.29, 0.717) is 0 Å². The van der Waals surface area contributed by atoms with Gasteiger partial charge in [0.25, 0.3) is 0 Å². The van der Waals surface area contributed by atoms with Gasteiger partial charge < -0.3 is 0 Å². The van der Waals surface area contributed by atoms with Gasteiger partial charge >= 0.3 is 0 Å². The van der Waals surface area contributed by atoms with E-state index in [9.17, 15) is 0 Å². The molecule has 0 saturated carbocycles. The van der Waals surface area contributed by atoms with Gasteiger partial charge in [0.05, 0.1) is 16.6 Å². The highest BCUT2D eigenvalue weighted by molar-refractivity contribution is 7.26. The predicted octanol–water partition coefficient (Wildman–Crippen LogP) is 9.17. The number of rotatable bonds is 1. The summed E-state index contributed by atoms with van der Waals surface area (Å²) in [6, 6.07) is 37.3. The van der Waals surface area contributed by atoms with Gasteiger partial charge in [0.15, 0.2) is 5.82 Å². The van der Waals surface area contributed by atoms with Crippen molar-refractivity contribution < 1.29 is 0 Å². The van der Waals surface area contributed by atoms with Crippen LogP contribution in [0.4, 0.5) is 0 Å². The zero-order valence-corrected chi connectivity index (χ0v) is 20.6. The van der Waals surface area contributed by atoms with Crippen LogP contribution in [0.15, 0.2) is 103 Å². The molecule has 0 N–H and O–H groups in total. The highest BCUT2D eigenvalue weighted by atomic mass is 32.1. The molecule has 0 spiro atoms. The fourth-order valence-electron chi connectivity index (χ4n) is 5.73. The van der Waals surface area contributed by atoms with Crippen LogP contribution >= 0.6 is 22.7 Å². The molecule has 0 saturated heterocycles. The zero-order valence-electron chi connectivity index (χ0n) is 19.0. The Morgan fingerprint density at radius 1 is 0.556 bits per heavy atom. The first-order valence-corrected chi connectivity index (χ1v) is 13.6. The molecule has 0 bridgehead atoms. The van der Waals surface area contributed by atoms with E-state index in [0.717, 1.165) is 16.9 Å². The van der Waals surface area contributed by atoms with Crippen molar-refractivity contribution in [3.8, 4) is 5.82 Å². The number of fused-ring (bicyclic) bond motifs is 11. The van der Waals surface area contributed by atoms with E-state index in [2.05, 4.69) is 112 Å². The fraction of sp³-hybridized carbons (Fsp3) is 0. The number of aromatic nitrogens is 3. The molecule has 0 aliphatic carbocycles. The number of pyridine rings is 1. The molecule has 36 heavy (non-hydrogen) atoms. The van der Waals surface area contributed by atoms with Gasteiger partial charge in [-0.3, -0.25) is 4.57 Å². The third-order valence-electron chi connectivity index (χ3n) is 7.34. The SMILES string of the molecule is c1ccc2c(c1)ccc1cc(-n3c4cc5c(cc4c4c6ccccc6sc43)sc3ccccc35)nn12. The van der Waals surface area contributed by atoms with E-state index in [1.165, 1.54) is 56.8 Å². The van der Waals surface area contributed by atoms with E-state index in [1.54, 1.807) is 0 Å². The molecule has 9 aromatic rings. The van der Waals surface area contributed by atoms with Crippen molar-refractivity contribution in [3.63, 3.8) is 0 Å². The van der Waals surface area contributed by atoms with Gasteiger partial charge in [0, 0.05) is 52.5 Å². The maximum atomic E-state index is 5.17. The average molecular weight is 496 g/mol. The van der Waals surface area contributed by atoms with Crippen LogP contribution in [0.5, 0.6) is 0 Å². The Hall–Kier alpha value is -4.19. The highest BCUT2D eigenvalue weighted by Crippen LogP contribution is 2.45. The molecule has 168 valence electrons. The summed E-state index contributed by atoms with van der Waals surface area (Å²) in [5, 5.41) is 12.9. The molecule has 0 unspecified atom stereocenters. The van der Waals surface area contributed by atoms with Crippen molar-refractivity contribution in [3.05, 3.63) is 103 Å². The number of thiophene rings is 2. The summed E-state index contributed by atoms with van der Waals surface area (Å²) < 4.78 is 8.43. The Labute approximate surface area is 213 Å². The topological polar surface area (TPSA) is 22.2 Å². The van der Waals surface area contributed by atoms with Crippen molar-refractivity contribution in [2.24, 2.45) is 0 Å². The van der Waals surface area contributed by atoms with Crippen LogP contribution in [0.1, 0.15) is 0 Å². The summed E-state index contributed by atoms with van der Waals surface area (Å²) in [6.07, 6.45) is 0. The van der Waals surface area contributed by atoms with E-state index in [1.807, 2.05) is 22.7 Å². The molecule has 0 aliphatic rings. The molecule has 0 atom stereocenters. The Balaban J connectivity index is 1.48. The molecule has 3 nitrogen and oxygen atoms in total. The van der Waals surface area contributed by atoms with Gasteiger partial charge in [-0.2, -0.15) is 0 Å². The molecule has 5 aromatic heterocycles. The summed E-state index contributed by atoms with van der Waals surface area (Å²) in [6.45, 7) is 0. The van der Waals surface area contributed by atoms with Crippen molar-refractivity contribution in [1.82, 2.24) is 14.2 Å². The van der Waals surface area contributed by atoms with Gasteiger partial charge in [0.2, 0.25) is 0 Å². The van der Waals surface area contributed by atoms with Crippen LogP contribution < -0.4 is 0 Å².